The summed E-state index contributed by atoms with van der Waals surface area (Å²) in [4.78, 5) is 55.0. The van der Waals surface area contributed by atoms with E-state index in [1.54, 1.807) is 13.8 Å². The average Bonchev–Trinajstić information content (AvgIpc) is 2.76. The first-order chi connectivity index (χ1) is 15.7. The summed E-state index contributed by atoms with van der Waals surface area (Å²) in [6, 6.07) is 6.52. The Morgan fingerprint density at radius 1 is 0.970 bits per heavy atom. The minimum absolute atomic E-state index is 0.0634. The third-order valence-electron chi connectivity index (χ3n) is 5.18. The van der Waals surface area contributed by atoms with Crippen LogP contribution in [0.5, 0.6) is 0 Å². The number of hydrogen-bond acceptors (Lipinski definition) is 5. The molecule has 1 aliphatic heterocycles. The van der Waals surface area contributed by atoms with Crippen LogP contribution in [0.15, 0.2) is 35.3 Å². The zero-order chi connectivity index (χ0) is 24.4. The molecule has 2 rings (SSSR count). The van der Waals surface area contributed by atoms with E-state index >= 15 is 0 Å². The fourth-order valence-corrected chi connectivity index (χ4v) is 3.42. The number of nitrogens with one attached hydrogen (secondary N) is 4. The second-order valence-corrected chi connectivity index (χ2v) is 8.27. The Kier molecular flexibility index (Phi) is 9.64. The van der Waals surface area contributed by atoms with Crippen LogP contribution in [0.2, 0.25) is 0 Å². The molecule has 0 saturated carbocycles. The number of guanidine groups is 1. The van der Waals surface area contributed by atoms with Crippen LogP contribution >= 0.6 is 0 Å². The van der Waals surface area contributed by atoms with Crippen molar-refractivity contribution < 1.29 is 19.2 Å². The van der Waals surface area contributed by atoms with Gasteiger partial charge in [0.05, 0.1) is 6.54 Å². The molecular formula is C22H33N7O4. The van der Waals surface area contributed by atoms with Crippen LogP contribution in [0.4, 0.5) is 0 Å². The summed E-state index contributed by atoms with van der Waals surface area (Å²) in [6.07, 6.45) is 0.928. The lowest BCUT2D eigenvalue weighted by Gasteiger charge is -2.28. The second-order valence-electron chi connectivity index (χ2n) is 8.27. The number of aliphatic imine (C=N–C) groups is 1. The lowest BCUT2D eigenvalue weighted by molar-refractivity contribution is -0.136. The Balaban J connectivity index is 2.21. The van der Waals surface area contributed by atoms with Gasteiger partial charge in [0.1, 0.15) is 18.1 Å². The van der Waals surface area contributed by atoms with Crippen LogP contribution in [-0.4, -0.2) is 60.8 Å². The summed E-state index contributed by atoms with van der Waals surface area (Å²) >= 11 is 0. The number of nitrogens with zero attached hydrogens (tertiary/aromatic N) is 1. The summed E-state index contributed by atoms with van der Waals surface area (Å²) in [7, 11) is 0. The van der Waals surface area contributed by atoms with Crippen LogP contribution in [0.1, 0.15) is 32.3 Å². The molecule has 11 nitrogen and oxygen atoms in total. The number of carbonyl (C=O) groups is 4. The SMILES string of the molecule is CC(C)[C@@H]1NC(=O)[C@@H](Cc2ccccc2)NC(=O)CNC(=O)[C@H](CCCN=C(N)N)NC1=O. The molecule has 1 aromatic carbocycles. The smallest absolute Gasteiger partial charge is 0.243 e. The van der Waals surface area contributed by atoms with Crippen molar-refractivity contribution >= 4 is 29.6 Å². The lowest BCUT2D eigenvalue weighted by atomic mass is 10.00. The number of carbonyl (C=O) groups excluding carboxylic acids is 4. The van der Waals surface area contributed by atoms with Gasteiger partial charge in [-0.25, -0.2) is 0 Å². The molecule has 1 saturated heterocycles. The zero-order valence-electron chi connectivity index (χ0n) is 19.0. The molecule has 0 radical (unpaired) electrons. The zero-order valence-corrected chi connectivity index (χ0v) is 19.0. The number of hydrogen-bond donors (Lipinski definition) is 6. The van der Waals surface area contributed by atoms with Crippen molar-refractivity contribution in [2.75, 3.05) is 13.1 Å². The van der Waals surface area contributed by atoms with Gasteiger partial charge >= 0.3 is 0 Å². The van der Waals surface area contributed by atoms with Crippen molar-refractivity contribution in [3.05, 3.63) is 35.9 Å². The Morgan fingerprint density at radius 3 is 2.30 bits per heavy atom. The summed E-state index contributed by atoms with van der Waals surface area (Å²) in [5.41, 5.74) is 11.5. The van der Waals surface area contributed by atoms with Crippen LogP contribution in [0.25, 0.3) is 0 Å². The highest BCUT2D eigenvalue weighted by molar-refractivity contribution is 5.96. The van der Waals surface area contributed by atoms with Crippen molar-refractivity contribution in [1.29, 1.82) is 0 Å². The van der Waals surface area contributed by atoms with Crippen LogP contribution in [-0.2, 0) is 25.6 Å². The molecule has 0 bridgehead atoms. The van der Waals surface area contributed by atoms with E-state index in [2.05, 4.69) is 26.3 Å². The monoisotopic (exact) mass is 459 g/mol. The van der Waals surface area contributed by atoms with E-state index in [4.69, 9.17) is 11.5 Å². The minimum Gasteiger partial charge on any atom is -0.370 e. The van der Waals surface area contributed by atoms with Gasteiger partial charge < -0.3 is 32.7 Å². The molecule has 1 heterocycles. The largest absolute Gasteiger partial charge is 0.370 e. The lowest BCUT2D eigenvalue weighted by Crippen LogP contribution is -2.60. The third kappa shape index (κ3) is 8.43. The van der Waals surface area contributed by atoms with Gasteiger partial charge in [-0.05, 0) is 24.3 Å². The second kappa shape index (κ2) is 12.4. The number of amides is 4. The maximum atomic E-state index is 13.0. The molecule has 4 amide bonds. The summed E-state index contributed by atoms with van der Waals surface area (Å²) < 4.78 is 0. The first-order valence-corrected chi connectivity index (χ1v) is 10.9. The first kappa shape index (κ1) is 25.6. The van der Waals surface area contributed by atoms with Gasteiger partial charge in [-0.15, -0.1) is 0 Å². The van der Waals surface area contributed by atoms with Gasteiger partial charge in [0.25, 0.3) is 0 Å². The van der Waals surface area contributed by atoms with Crippen molar-refractivity contribution in [2.24, 2.45) is 22.4 Å². The molecule has 0 aromatic heterocycles. The Morgan fingerprint density at radius 2 is 1.67 bits per heavy atom. The van der Waals surface area contributed by atoms with E-state index in [0.717, 1.165) is 5.56 Å². The van der Waals surface area contributed by atoms with Crippen molar-refractivity contribution in [3.8, 4) is 0 Å². The van der Waals surface area contributed by atoms with Gasteiger partial charge in [0.2, 0.25) is 23.6 Å². The Hall–Kier alpha value is -3.63. The van der Waals surface area contributed by atoms with Gasteiger partial charge in [0.15, 0.2) is 5.96 Å². The fourth-order valence-electron chi connectivity index (χ4n) is 3.42. The number of benzene rings is 1. The summed E-state index contributed by atoms with van der Waals surface area (Å²) in [5, 5.41) is 10.6. The van der Waals surface area contributed by atoms with Gasteiger partial charge in [-0.1, -0.05) is 44.2 Å². The molecule has 1 fully saturated rings. The maximum absolute atomic E-state index is 13.0. The van der Waals surface area contributed by atoms with E-state index in [9.17, 15) is 19.2 Å². The van der Waals surface area contributed by atoms with Gasteiger partial charge in [0, 0.05) is 13.0 Å². The van der Waals surface area contributed by atoms with E-state index in [1.165, 1.54) is 0 Å². The third-order valence-corrected chi connectivity index (χ3v) is 5.18. The van der Waals surface area contributed by atoms with Crippen molar-refractivity contribution in [3.63, 3.8) is 0 Å². The number of rotatable bonds is 7. The Bertz CT molecular complexity index is 869. The minimum atomic E-state index is -0.905. The summed E-state index contributed by atoms with van der Waals surface area (Å²) in [5.74, 6) is -2.28. The molecule has 8 N–H and O–H groups in total. The predicted molar refractivity (Wildman–Crippen MR) is 124 cm³/mol. The fraction of sp³-hybridized carbons (Fsp3) is 0.500. The van der Waals surface area contributed by atoms with E-state index in [1.807, 2.05) is 30.3 Å². The molecule has 1 aliphatic rings. The topological polar surface area (TPSA) is 181 Å². The molecular weight excluding hydrogens is 426 g/mol. The summed E-state index contributed by atoms with van der Waals surface area (Å²) in [6.45, 7) is 3.53. The van der Waals surface area contributed by atoms with Crippen LogP contribution in [0, 0.1) is 5.92 Å². The first-order valence-electron chi connectivity index (χ1n) is 10.9. The molecule has 0 spiro atoms. The van der Waals surface area contributed by atoms with Gasteiger partial charge in [-0.2, -0.15) is 0 Å². The molecule has 3 atom stereocenters. The molecule has 0 aliphatic carbocycles. The number of nitrogens with two attached hydrogens (primary N) is 2. The maximum Gasteiger partial charge on any atom is 0.243 e. The van der Waals surface area contributed by atoms with E-state index in [0.29, 0.717) is 6.42 Å². The van der Waals surface area contributed by atoms with E-state index in [-0.39, 0.29) is 37.8 Å². The quantitative estimate of drug-likeness (QED) is 0.164. The predicted octanol–water partition coefficient (Wildman–Crippen LogP) is -1.48. The van der Waals surface area contributed by atoms with Crippen molar-refractivity contribution in [1.82, 2.24) is 21.3 Å². The molecule has 0 unspecified atom stereocenters. The molecule has 11 heteroatoms. The highest BCUT2D eigenvalue weighted by Crippen LogP contribution is 2.09. The van der Waals surface area contributed by atoms with Crippen molar-refractivity contribution in [2.45, 2.75) is 51.2 Å². The average molecular weight is 460 g/mol. The molecule has 180 valence electrons. The normalized spacial score (nSPS) is 22.2. The van der Waals surface area contributed by atoms with E-state index < -0.39 is 41.8 Å². The molecule has 1 aromatic rings. The van der Waals surface area contributed by atoms with Crippen LogP contribution in [0.3, 0.4) is 0 Å². The Labute approximate surface area is 193 Å². The highest BCUT2D eigenvalue weighted by atomic mass is 16.2. The van der Waals surface area contributed by atoms with Crippen LogP contribution < -0.4 is 32.7 Å². The highest BCUT2D eigenvalue weighted by Gasteiger charge is 2.32. The van der Waals surface area contributed by atoms with Gasteiger partial charge in [-0.3, -0.25) is 24.2 Å². The molecule has 33 heavy (non-hydrogen) atoms. The standard InChI is InChI=1S/C22H33N7O4/c1-13(2)18-21(33)28-15(9-6-10-25-22(23)24)19(31)26-12-17(30)27-16(20(32)29-18)11-14-7-4-3-5-8-14/h3-5,7-8,13,15-16,18H,6,9-12H2,1-2H3,(H,26,31)(H,27,30)(H,28,33)(H,29,32)(H4,23,24,25)/t15-,16+,18-/m0/s1.